The van der Waals surface area contributed by atoms with Crippen LogP contribution in [0.1, 0.15) is 30.4 Å². The number of aldehydes is 1. The van der Waals surface area contributed by atoms with E-state index in [4.69, 9.17) is 0 Å². The lowest BCUT2D eigenvalue weighted by atomic mass is 9.80. The van der Waals surface area contributed by atoms with E-state index in [1.807, 2.05) is 0 Å². The molecule has 1 aliphatic rings. The summed E-state index contributed by atoms with van der Waals surface area (Å²) < 4.78 is 38.9. The first-order chi connectivity index (χ1) is 15.6. The van der Waals surface area contributed by atoms with E-state index < -0.39 is 23.2 Å². The van der Waals surface area contributed by atoms with E-state index in [0.29, 0.717) is 24.8 Å². The van der Waals surface area contributed by atoms with Gasteiger partial charge in [0.25, 0.3) is 5.91 Å². The normalized spacial score (nSPS) is 16.0. The molecule has 1 saturated carbocycles. The second-order valence-corrected chi connectivity index (χ2v) is 7.77. The van der Waals surface area contributed by atoms with Crippen LogP contribution in [-0.4, -0.2) is 47.2 Å². The lowest BCUT2D eigenvalue weighted by Gasteiger charge is -2.36. The van der Waals surface area contributed by atoms with Crippen molar-refractivity contribution < 1.29 is 27.9 Å². The summed E-state index contributed by atoms with van der Waals surface area (Å²) in [5.74, 6) is -0.714. The maximum atomic E-state index is 13.0. The number of carbonyl (C=O) groups is 2. The number of nitrogens with one attached hydrogen (secondary N) is 1. The molecule has 0 saturated heterocycles. The van der Waals surface area contributed by atoms with E-state index in [1.54, 1.807) is 25.4 Å². The van der Waals surface area contributed by atoms with Gasteiger partial charge in [0.05, 0.1) is 34.3 Å². The molecule has 1 amide bonds. The van der Waals surface area contributed by atoms with Crippen molar-refractivity contribution in [2.75, 3.05) is 18.6 Å². The van der Waals surface area contributed by atoms with E-state index >= 15 is 0 Å². The molecular weight excluding hydrogens is 437 g/mol. The third kappa shape index (κ3) is 6.26. The van der Waals surface area contributed by atoms with E-state index in [0.717, 1.165) is 18.6 Å². The first-order valence-electron chi connectivity index (χ1n) is 10.2. The Bertz CT molecular complexity index is 1050. The highest BCUT2D eigenvalue weighted by molar-refractivity contribution is 6.19. The number of carbonyl (C=O) groups excluding carboxylic acids is 2. The van der Waals surface area contributed by atoms with Crippen LogP contribution in [0.25, 0.3) is 0 Å². The summed E-state index contributed by atoms with van der Waals surface area (Å²) in [6, 6.07) is 7.63. The minimum absolute atomic E-state index is 0.000638. The van der Waals surface area contributed by atoms with Crippen molar-refractivity contribution in [2.24, 2.45) is 5.10 Å². The molecule has 7 nitrogen and oxygen atoms in total. The highest BCUT2D eigenvalue weighted by atomic mass is 19.4. The number of pyridine rings is 1. The van der Waals surface area contributed by atoms with Crippen LogP contribution in [0, 0.1) is 0 Å². The van der Waals surface area contributed by atoms with E-state index in [-0.39, 0.29) is 23.4 Å². The molecule has 1 fully saturated rings. The van der Waals surface area contributed by atoms with Crippen LogP contribution in [0.4, 0.5) is 18.9 Å². The van der Waals surface area contributed by atoms with Gasteiger partial charge in [0.1, 0.15) is 0 Å². The summed E-state index contributed by atoms with van der Waals surface area (Å²) in [5.41, 5.74) is -1.15. The second-order valence-electron chi connectivity index (χ2n) is 7.77. The third-order valence-corrected chi connectivity index (χ3v) is 5.33. The van der Waals surface area contributed by atoms with Gasteiger partial charge >= 0.3 is 6.18 Å². The van der Waals surface area contributed by atoms with Gasteiger partial charge in [0, 0.05) is 25.4 Å². The van der Waals surface area contributed by atoms with Crippen LogP contribution >= 0.6 is 0 Å². The summed E-state index contributed by atoms with van der Waals surface area (Å²) in [5, 5.41) is 18.5. The molecular formula is C23H23F3N4O3. The number of anilines is 1. The zero-order chi connectivity index (χ0) is 24.1. The Morgan fingerprint density at radius 1 is 1.27 bits per heavy atom. The lowest BCUT2D eigenvalue weighted by Crippen LogP contribution is -2.48. The highest BCUT2D eigenvalue weighted by Gasteiger charge is 2.34. The monoisotopic (exact) mass is 460 g/mol. The standard InChI is InChI=1S/C23H23F3N4O3/c1-30(19-4-2-11-27-13-19)29-20(16-5-7-18(8-6-16)23(24,25)26)12-17(14-31)21(32)28-15-22(33)9-3-10-22/h2,4-8,11-14,33H,3,9-10,15H2,1H3,(H,28,32)/b17-12+,29-20+. The average molecular weight is 460 g/mol. The van der Waals surface area contributed by atoms with Crippen molar-refractivity contribution >= 4 is 23.6 Å². The summed E-state index contributed by atoms with van der Waals surface area (Å²) in [6.45, 7) is -0.000638. The molecule has 0 aliphatic heterocycles. The van der Waals surface area contributed by atoms with Crippen molar-refractivity contribution in [1.82, 2.24) is 10.3 Å². The Labute approximate surface area is 188 Å². The van der Waals surface area contributed by atoms with E-state index in [1.165, 1.54) is 29.4 Å². The molecule has 0 atom stereocenters. The van der Waals surface area contributed by atoms with Crippen LogP contribution < -0.4 is 10.3 Å². The summed E-state index contributed by atoms with van der Waals surface area (Å²) >= 11 is 0. The Kier molecular flexibility index (Phi) is 7.27. The molecule has 0 radical (unpaired) electrons. The molecule has 0 unspecified atom stereocenters. The topological polar surface area (TPSA) is 94.9 Å². The summed E-state index contributed by atoms with van der Waals surface area (Å²) in [4.78, 5) is 28.2. The average Bonchev–Trinajstić information content (AvgIpc) is 2.78. The van der Waals surface area contributed by atoms with Crippen molar-refractivity contribution in [1.29, 1.82) is 0 Å². The van der Waals surface area contributed by atoms with Crippen molar-refractivity contribution in [3.8, 4) is 0 Å². The SMILES string of the molecule is CN(/N=C(\C=C(/C=O)C(=O)NCC1(O)CCC1)c1ccc(C(F)(F)F)cc1)c1cccnc1. The fourth-order valence-corrected chi connectivity index (χ4v) is 3.17. The van der Waals surface area contributed by atoms with Gasteiger partial charge in [-0.25, -0.2) is 0 Å². The fraction of sp³-hybridized carbons (Fsp3) is 0.304. The van der Waals surface area contributed by atoms with Gasteiger partial charge in [0.15, 0.2) is 6.29 Å². The lowest BCUT2D eigenvalue weighted by molar-refractivity contribution is -0.137. The molecule has 2 aromatic rings. The first kappa shape index (κ1) is 24.1. The minimum atomic E-state index is -4.51. The van der Waals surface area contributed by atoms with Gasteiger partial charge in [-0.3, -0.25) is 19.6 Å². The smallest absolute Gasteiger partial charge is 0.388 e. The molecule has 3 rings (SSSR count). The number of hydrazone groups is 1. The van der Waals surface area contributed by atoms with Crippen molar-refractivity contribution in [3.05, 3.63) is 71.6 Å². The molecule has 1 aromatic carbocycles. The van der Waals surface area contributed by atoms with Crippen LogP contribution in [0.15, 0.2) is 65.5 Å². The minimum Gasteiger partial charge on any atom is -0.388 e. The third-order valence-electron chi connectivity index (χ3n) is 5.33. The number of amides is 1. The molecule has 10 heteroatoms. The maximum absolute atomic E-state index is 13.0. The first-order valence-corrected chi connectivity index (χ1v) is 10.2. The maximum Gasteiger partial charge on any atom is 0.416 e. The largest absolute Gasteiger partial charge is 0.416 e. The number of rotatable bonds is 8. The fourth-order valence-electron chi connectivity index (χ4n) is 3.17. The van der Waals surface area contributed by atoms with Crippen molar-refractivity contribution in [2.45, 2.75) is 31.0 Å². The predicted octanol–water partition coefficient (Wildman–Crippen LogP) is 3.10. The highest BCUT2D eigenvalue weighted by Crippen LogP contribution is 2.31. The number of hydrogen-bond donors (Lipinski definition) is 2. The Morgan fingerprint density at radius 3 is 2.48 bits per heavy atom. The molecule has 2 N–H and O–H groups in total. The quantitative estimate of drug-likeness (QED) is 0.158. The van der Waals surface area contributed by atoms with E-state index in [9.17, 15) is 27.9 Å². The zero-order valence-corrected chi connectivity index (χ0v) is 17.8. The Hall–Kier alpha value is -3.53. The van der Waals surface area contributed by atoms with Gasteiger partial charge in [-0.05, 0) is 49.6 Å². The molecule has 33 heavy (non-hydrogen) atoms. The van der Waals surface area contributed by atoms with Crippen LogP contribution in [-0.2, 0) is 15.8 Å². The molecule has 0 spiro atoms. The van der Waals surface area contributed by atoms with Gasteiger partial charge in [-0.2, -0.15) is 18.3 Å². The van der Waals surface area contributed by atoms with Gasteiger partial charge < -0.3 is 10.4 Å². The van der Waals surface area contributed by atoms with Crippen LogP contribution in [0.2, 0.25) is 0 Å². The molecule has 1 heterocycles. The number of aromatic nitrogens is 1. The molecule has 174 valence electrons. The van der Waals surface area contributed by atoms with Gasteiger partial charge in [-0.15, -0.1) is 0 Å². The Morgan fingerprint density at radius 2 is 1.97 bits per heavy atom. The molecule has 1 aromatic heterocycles. The summed E-state index contributed by atoms with van der Waals surface area (Å²) in [6.07, 6.45) is 2.10. The number of hydrogen-bond acceptors (Lipinski definition) is 6. The van der Waals surface area contributed by atoms with Crippen LogP contribution in [0.5, 0.6) is 0 Å². The number of benzene rings is 1. The number of halogens is 3. The summed E-state index contributed by atoms with van der Waals surface area (Å²) in [7, 11) is 1.60. The number of allylic oxidation sites excluding steroid dienone is 1. The number of alkyl halides is 3. The zero-order valence-electron chi connectivity index (χ0n) is 17.8. The number of nitrogens with zero attached hydrogens (tertiary/aromatic N) is 3. The predicted molar refractivity (Wildman–Crippen MR) is 117 cm³/mol. The second kappa shape index (κ2) is 9.95. The van der Waals surface area contributed by atoms with Gasteiger partial charge in [-0.1, -0.05) is 12.1 Å². The van der Waals surface area contributed by atoms with Crippen molar-refractivity contribution in [3.63, 3.8) is 0 Å². The Balaban J connectivity index is 1.93. The van der Waals surface area contributed by atoms with E-state index in [2.05, 4.69) is 15.4 Å². The van der Waals surface area contributed by atoms with Crippen LogP contribution in [0.3, 0.4) is 0 Å². The number of aliphatic hydroxyl groups is 1. The molecule has 0 bridgehead atoms. The molecule has 1 aliphatic carbocycles. The van der Waals surface area contributed by atoms with Gasteiger partial charge in [0.2, 0.25) is 0 Å².